The molecule has 17 heavy (non-hydrogen) atoms. The lowest BCUT2D eigenvalue weighted by molar-refractivity contribution is -0.00000309. The van der Waals surface area contributed by atoms with Crippen molar-refractivity contribution >= 4 is 41.7 Å². The molecule has 0 aromatic heterocycles. The van der Waals surface area contributed by atoms with Gasteiger partial charge in [-0.15, -0.1) is 26.8 Å². The van der Waals surface area contributed by atoms with E-state index in [2.05, 4.69) is 50.4 Å². The van der Waals surface area contributed by atoms with Gasteiger partial charge in [0.2, 0.25) is 0 Å². The molecule has 0 N–H and O–H groups in total. The number of hydrogen-bond acceptors (Lipinski definition) is 2. The Morgan fingerprint density at radius 3 is 2.06 bits per heavy atom. The second-order valence-electron chi connectivity index (χ2n) is 3.86. The fourth-order valence-electron chi connectivity index (χ4n) is 1.53. The molecule has 1 heterocycles. The highest BCUT2D eigenvalue weighted by Gasteiger charge is 2.16. The molecule has 0 radical (unpaired) electrons. The van der Waals surface area contributed by atoms with Crippen molar-refractivity contribution in [3.8, 4) is 0 Å². The highest BCUT2D eigenvalue weighted by Crippen LogP contribution is 2.71. The lowest BCUT2D eigenvalue weighted by atomic mass is 10.3. The van der Waals surface area contributed by atoms with E-state index in [0.29, 0.717) is 0 Å². The summed E-state index contributed by atoms with van der Waals surface area (Å²) in [5, 5.41) is 0. The Balaban J connectivity index is 0. The number of likely N-dealkylation sites (N-methyl/N-ethyl adjacent to an activating group) is 1. The van der Waals surface area contributed by atoms with Gasteiger partial charge in [0.1, 0.15) is 0 Å². The molecule has 2 nitrogen and oxygen atoms in total. The van der Waals surface area contributed by atoms with Crippen molar-refractivity contribution in [3.63, 3.8) is 0 Å². The molecule has 1 saturated heterocycles. The first-order valence-electron chi connectivity index (χ1n) is 5.84. The second kappa shape index (κ2) is 14.9. The molecular weight excluding hydrogens is 371 g/mol. The van der Waals surface area contributed by atoms with E-state index in [-0.39, 0.29) is 24.0 Å². The van der Waals surface area contributed by atoms with E-state index >= 15 is 0 Å². The third-order valence-electron chi connectivity index (χ3n) is 2.56. The molecule has 4 atom stereocenters. The Morgan fingerprint density at radius 1 is 1.18 bits per heavy atom. The maximum atomic E-state index is 2.75. The van der Waals surface area contributed by atoms with Gasteiger partial charge < -0.3 is 17.0 Å². The molecule has 0 bridgehead atoms. The zero-order chi connectivity index (χ0) is 12.4. The van der Waals surface area contributed by atoms with Crippen LogP contribution in [0.1, 0.15) is 26.7 Å². The summed E-state index contributed by atoms with van der Waals surface area (Å²) in [7, 11) is 9.24. The van der Waals surface area contributed by atoms with E-state index in [4.69, 9.17) is 0 Å². The van der Waals surface area contributed by atoms with Crippen molar-refractivity contribution in [2.24, 2.45) is 0 Å². The fraction of sp³-hybridized carbons (Fsp3) is 1.00. The van der Waals surface area contributed by atoms with E-state index < -0.39 is 0 Å². The van der Waals surface area contributed by atoms with Crippen LogP contribution in [0.25, 0.3) is 0 Å². The minimum absolute atomic E-state index is 0. The van der Waals surface area contributed by atoms with Crippen molar-refractivity contribution < 1.29 is 17.0 Å². The molecule has 0 aliphatic carbocycles. The van der Waals surface area contributed by atoms with Crippen molar-refractivity contribution in [1.82, 2.24) is 9.80 Å². The number of unbranched alkanes of at least 4 members (excludes halogenated alkanes) is 1. The fourth-order valence-corrected chi connectivity index (χ4v) is 1.53. The first-order chi connectivity index (χ1) is 7.63. The zero-order valence-corrected chi connectivity index (χ0v) is 17.8. The van der Waals surface area contributed by atoms with Crippen molar-refractivity contribution in [2.45, 2.75) is 26.7 Å². The van der Waals surface area contributed by atoms with Crippen LogP contribution >= 0.6 is 41.7 Å². The van der Waals surface area contributed by atoms with Gasteiger partial charge in [-0.25, -0.2) is 0 Å². The molecular formula is C9H27BrN2P5-. The Bertz CT molecular complexity index is 164. The Hall–Kier alpha value is 2.55. The minimum Gasteiger partial charge on any atom is -1.00 e. The van der Waals surface area contributed by atoms with Crippen molar-refractivity contribution in [1.29, 1.82) is 0 Å². The summed E-state index contributed by atoms with van der Waals surface area (Å²) < 4.78 is 0. The number of halogens is 1. The number of nitrogens with zero attached hydrogens (tertiary/aromatic N) is 2. The van der Waals surface area contributed by atoms with Crippen molar-refractivity contribution in [2.75, 3.05) is 32.8 Å². The Morgan fingerprint density at radius 2 is 1.71 bits per heavy atom. The smallest absolute Gasteiger partial charge is 0.0507 e. The summed E-state index contributed by atoms with van der Waals surface area (Å²) >= 11 is 0. The predicted octanol–water partition coefficient (Wildman–Crippen LogP) is 0.818. The average molecular weight is 398 g/mol. The Labute approximate surface area is 128 Å². The van der Waals surface area contributed by atoms with Gasteiger partial charge in [-0.2, -0.15) is 0 Å². The molecule has 1 aliphatic rings. The van der Waals surface area contributed by atoms with E-state index in [1.165, 1.54) is 45.7 Å². The zero-order valence-electron chi connectivity index (χ0n) is 10.9. The molecule has 0 spiro atoms. The van der Waals surface area contributed by atoms with E-state index in [9.17, 15) is 0 Å². The van der Waals surface area contributed by atoms with Gasteiger partial charge in [0.25, 0.3) is 0 Å². The van der Waals surface area contributed by atoms with E-state index in [1.807, 2.05) is 0 Å². The van der Waals surface area contributed by atoms with Crippen LogP contribution in [0.5, 0.6) is 0 Å². The summed E-state index contributed by atoms with van der Waals surface area (Å²) in [6.45, 7) is 11.0. The summed E-state index contributed by atoms with van der Waals surface area (Å²) in [5.74, 6) is 0. The highest BCUT2D eigenvalue weighted by molar-refractivity contribution is 8.77. The van der Waals surface area contributed by atoms with Gasteiger partial charge in [-0.3, -0.25) is 9.80 Å². The number of rotatable bonds is 5. The lowest BCUT2D eigenvalue weighted by Gasteiger charge is -2.15. The quantitative estimate of drug-likeness (QED) is 0.633. The minimum atomic E-state index is 0. The molecule has 0 aromatic carbocycles. The molecule has 106 valence electrons. The SMILES string of the molecule is CCCCN1CCN(CC)C1.PPP(P)P.[Br-]. The van der Waals surface area contributed by atoms with Gasteiger partial charge >= 0.3 is 0 Å². The van der Waals surface area contributed by atoms with Crippen LogP contribution in [0.15, 0.2) is 0 Å². The van der Waals surface area contributed by atoms with Crippen LogP contribution in [-0.4, -0.2) is 42.6 Å². The third-order valence-corrected chi connectivity index (χ3v) is 14.5. The maximum absolute atomic E-state index is 2.75. The first kappa shape index (κ1) is 21.8. The molecule has 0 amide bonds. The molecule has 0 saturated carbocycles. The van der Waals surface area contributed by atoms with Gasteiger partial charge in [-0.1, -0.05) is 28.2 Å². The van der Waals surface area contributed by atoms with Crippen LogP contribution in [0.2, 0.25) is 0 Å². The van der Waals surface area contributed by atoms with Crippen LogP contribution in [0.3, 0.4) is 0 Å². The van der Waals surface area contributed by atoms with E-state index in [0.717, 1.165) is 7.96 Å². The summed E-state index contributed by atoms with van der Waals surface area (Å²) in [5.41, 5.74) is 0. The largest absolute Gasteiger partial charge is 1.00 e. The molecule has 4 unspecified atom stereocenters. The van der Waals surface area contributed by atoms with Gasteiger partial charge in [-0.05, 0) is 26.5 Å². The predicted molar refractivity (Wildman–Crippen MR) is 93.0 cm³/mol. The number of hydrogen-bond donors (Lipinski definition) is 0. The average Bonchev–Trinajstić information content (AvgIpc) is 2.75. The van der Waals surface area contributed by atoms with E-state index in [1.54, 1.807) is 0 Å². The lowest BCUT2D eigenvalue weighted by Crippen LogP contribution is -3.00. The maximum Gasteiger partial charge on any atom is 0.0507 e. The summed E-state index contributed by atoms with van der Waals surface area (Å²) in [6.07, 6.45) is 2.68. The van der Waals surface area contributed by atoms with Gasteiger partial charge in [0.15, 0.2) is 0 Å². The topological polar surface area (TPSA) is 6.48 Å². The summed E-state index contributed by atoms with van der Waals surface area (Å²) in [4.78, 5) is 5.04. The second-order valence-corrected chi connectivity index (χ2v) is 17.8. The van der Waals surface area contributed by atoms with Crippen LogP contribution < -0.4 is 17.0 Å². The van der Waals surface area contributed by atoms with Gasteiger partial charge in [0.05, 0.1) is 6.67 Å². The van der Waals surface area contributed by atoms with Gasteiger partial charge in [0, 0.05) is 13.1 Å². The Kier molecular flexibility index (Phi) is 19.2. The molecule has 1 aliphatic heterocycles. The van der Waals surface area contributed by atoms with Crippen LogP contribution in [-0.2, 0) is 0 Å². The third kappa shape index (κ3) is 13.3. The first-order valence-corrected chi connectivity index (χ1v) is 14.1. The van der Waals surface area contributed by atoms with Crippen LogP contribution in [0, 0.1) is 0 Å². The standard InChI is InChI=1S/C9H20N2.BrH.H7P5/c1-3-5-6-11-8-7-10(4-2)9-11;;1-4-5(2)3/h3-9H2,1-2H3;1H;4H,1-3H2/p-1. The van der Waals surface area contributed by atoms with Crippen molar-refractivity contribution in [3.05, 3.63) is 0 Å². The van der Waals surface area contributed by atoms with Crippen LogP contribution in [0.4, 0.5) is 0 Å². The molecule has 1 fully saturated rings. The monoisotopic (exact) mass is 397 g/mol. The molecule has 8 heteroatoms. The highest BCUT2D eigenvalue weighted by atomic mass is 79.9. The molecule has 1 rings (SSSR count). The normalized spacial score (nSPS) is 17.3. The summed E-state index contributed by atoms with van der Waals surface area (Å²) in [6, 6.07) is 0. The molecule has 0 aromatic rings.